The summed E-state index contributed by atoms with van der Waals surface area (Å²) in [5.41, 5.74) is 2.30. The first-order valence-corrected chi connectivity index (χ1v) is 17.3. The molecule has 4 fully saturated rings. The minimum atomic E-state index is -0.577. The minimum absolute atomic E-state index is 0.0928. The van der Waals surface area contributed by atoms with Crippen LogP contribution in [0.2, 0.25) is 0 Å². The van der Waals surface area contributed by atoms with E-state index in [1.54, 1.807) is 12.1 Å². The van der Waals surface area contributed by atoms with Gasteiger partial charge in [-0.05, 0) is 74.9 Å². The number of rotatable bonds is 9. The summed E-state index contributed by atoms with van der Waals surface area (Å²) in [4.78, 5) is 19.5. The number of aromatic nitrogens is 3. The van der Waals surface area contributed by atoms with Crippen LogP contribution in [-0.2, 0) is 6.42 Å². The van der Waals surface area contributed by atoms with Crippen LogP contribution in [0.4, 0.5) is 14.6 Å². The Morgan fingerprint density at radius 2 is 1.72 bits per heavy atom. The van der Waals surface area contributed by atoms with E-state index in [2.05, 4.69) is 28.0 Å². The van der Waals surface area contributed by atoms with Gasteiger partial charge in [0.15, 0.2) is 5.82 Å². The predicted octanol–water partition coefficient (Wildman–Crippen LogP) is 6.50. The number of nitrogens with zero attached hydrogens (tertiary/aromatic N) is 5. The summed E-state index contributed by atoms with van der Waals surface area (Å²) in [5.74, 6) is 2.06. The number of hydrogen-bond acceptors (Lipinski definition) is 7. The quantitative estimate of drug-likeness (QED) is 0.211. The number of halogens is 2. The van der Waals surface area contributed by atoms with Crippen molar-refractivity contribution in [1.29, 1.82) is 0 Å². The van der Waals surface area contributed by atoms with Crippen molar-refractivity contribution in [3.8, 4) is 29.6 Å². The molecule has 0 amide bonds. The zero-order chi connectivity index (χ0) is 32.2. The number of terminal acetylenes is 1. The highest BCUT2D eigenvalue weighted by Gasteiger charge is 2.49. The van der Waals surface area contributed by atoms with Gasteiger partial charge in [-0.2, -0.15) is 9.97 Å². The normalized spacial score (nSPS) is 20.1. The maximum Gasteiger partial charge on any atom is 0.319 e. The van der Waals surface area contributed by atoms with Crippen LogP contribution in [0, 0.1) is 34.8 Å². The fraction of sp³-hybridized carbons (Fsp3) is 0.500. The largest absolute Gasteiger partial charge is 0.463 e. The van der Waals surface area contributed by atoms with E-state index in [1.807, 2.05) is 12.1 Å². The summed E-state index contributed by atoms with van der Waals surface area (Å²) in [6, 6.07) is 8.64. The van der Waals surface area contributed by atoms with Gasteiger partial charge in [-0.25, -0.2) is 13.8 Å². The molecule has 0 bridgehead atoms. The molecule has 0 radical (unpaired) electrons. The molecule has 2 aromatic carbocycles. The molecule has 1 N–H and O–H groups in total. The lowest BCUT2D eigenvalue weighted by atomic mass is 9.93. The van der Waals surface area contributed by atoms with Crippen molar-refractivity contribution >= 4 is 27.5 Å². The number of piperazine rings is 1. The highest BCUT2D eigenvalue weighted by molar-refractivity contribution is 6.02. The maximum atomic E-state index is 17.0. The van der Waals surface area contributed by atoms with Gasteiger partial charge in [0, 0.05) is 49.1 Å². The summed E-state index contributed by atoms with van der Waals surface area (Å²) in [7, 11) is 0. The first kappa shape index (κ1) is 30.5. The number of benzene rings is 2. The van der Waals surface area contributed by atoms with Gasteiger partial charge in [-0.1, -0.05) is 43.5 Å². The fourth-order valence-electron chi connectivity index (χ4n) is 7.74. The van der Waals surface area contributed by atoms with Crippen LogP contribution in [0.1, 0.15) is 63.1 Å². The Morgan fingerprint density at radius 1 is 0.936 bits per heavy atom. The number of pyridine rings is 1. The second kappa shape index (κ2) is 12.0. The molecule has 0 atom stereocenters. The van der Waals surface area contributed by atoms with Crippen LogP contribution in [0.15, 0.2) is 30.3 Å². The van der Waals surface area contributed by atoms with E-state index in [-0.39, 0.29) is 28.2 Å². The van der Waals surface area contributed by atoms with E-state index in [9.17, 15) is 4.39 Å². The molecule has 4 aliphatic rings. The van der Waals surface area contributed by atoms with Crippen molar-refractivity contribution in [2.45, 2.75) is 58.3 Å². The molecule has 0 unspecified atom stereocenters. The average molecular weight is 637 g/mol. The van der Waals surface area contributed by atoms with Crippen molar-refractivity contribution in [2.24, 2.45) is 10.8 Å². The molecular formula is C38H42F2N6O. The highest BCUT2D eigenvalue weighted by atomic mass is 19.1. The van der Waals surface area contributed by atoms with Crippen LogP contribution < -0.4 is 15.0 Å². The number of piperidine rings is 1. The van der Waals surface area contributed by atoms with Crippen LogP contribution in [0.3, 0.4) is 0 Å². The number of ether oxygens (including phenoxy) is 1. The molecule has 2 aliphatic carbocycles. The van der Waals surface area contributed by atoms with Crippen LogP contribution in [0.5, 0.6) is 6.01 Å². The summed E-state index contributed by atoms with van der Waals surface area (Å²) in [5, 5.41) is 5.22. The summed E-state index contributed by atoms with van der Waals surface area (Å²) in [6.45, 7) is 9.01. The molecule has 7 nitrogen and oxygen atoms in total. The van der Waals surface area contributed by atoms with E-state index in [0.29, 0.717) is 46.3 Å². The molecule has 244 valence electrons. The maximum absolute atomic E-state index is 17.0. The highest BCUT2D eigenvalue weighted by Crippen LogP contribution is 2.55. The molecule has 2 saturated carbocycles. The Labute approximate surface area is 275 Å². The summed E-state index contributed by atoms with van der Waals surface area (Å²) in [6.07, 6.45) is 14.9. The average Bonchev–Trinajstić information content (AvgIpc) is 4.04. The van der Waals surface area contributed by atoms with Gasteiger partial charge < -0.3 is 19.9 Å². The Hall–Kier alpha value is -3.87. The molecule has 2 aromatic heterocycles. The topological polar surface area (TPSA) is 66.4 Å². The SMILES string of the molecule is C#Cc1c(F)ccc2cccc(-c3nc(CCC)c4c(N5CCNCC5)nc(OCC5(CN6CCC7(CC6)CC7)CC5)nc4c3F)c12. The van der Waals surface area contributed by atoms with Gasteiger partial charge in [0.05, 0.1) is 23.3 Å². The van der Waals surface area contributed by atoms with E-state index >= 15 is 4.39 Å². The van der Waals surface area contributed by atoms with E-state index < -0.39 is 11.6 Å². The van der Waals surface area contributed by atoms with Gasteiger partial charge in [-0.15, -0.1) is 6.42 Å². The Morgan fingerprint density at radius 3 is 2.43 bits per heavy atom. The smallest absolute Gasteiger partial charge is 0.319 e. The zero-order valence-corrected chi connectivity index (χ0v) is 27.2. The molecule has 4 aromatic rings. The second-order valence-corrected chi connectivity index (χ2v) is 14.3. The molecule has 2 saturated heterocycles. The molecular weight excluding hydrogens is 594 g/mol. The molecule has 4 heterocycles. The van der Waals surface area contributed by atoms with Crippen LogP contribution in [0.25, 0.3) is 32.9 Å². The molecule has 9 heteroatoms. The first-order valence-electron chi connectivity index (χ1n) is 17.3. The van der Waals surface area contributed by atoms with Gasteiger partial charge in [-0.3, -0.25) is 0 Å². The lowest BCUT2D eigenvalue weighted by molar-refractivity contribution is 0.115. The number of anilines is 1. The number of nitrogens with one attached hydrogen (secondary N) is 1. The van der Waals surface area contributed by atoms with Gasteiger partial charge in [0.2, 0.25) is 0 Å². The number of hydrogen-bond donors (Lipinski definition) is 1. The van der Waals surface area contributed by atoms with Crippen LogP contribution in [-0.4, -0.2) is 72.3 Å². The standard InChI is InChI=1S/C38H42F2N6O/c1-3-6-29-31-34(32(40)33(42-29)27-8-5-7-25-9-10-28(39)26(4-2)30(25)27)43-36(44-35(31)46-21-17-41-18-22-46)47-24-38(13-14-38)23-45-19-15-37(11-12-37)16-20-45/h2,5,7-10,41H,3,6,11-24H2,1H3. The monoisotopic (exact) mass is 636 g/mol. The zero-order valence-electron chi connectivity index (χ0n) is 27.2. The van der Waals surface area contributed by atoms with Crippen molar-refractivity contribution < 1.29 is 13.5 Å². The third-order valence-electron chi connectivity index (χ3n) is 11.0. The van der Waals surface area contributed by atoms with Gasteiger partial charge in [0.1, 0.15) is 22.8 Å². The Bertz CT molecular complexity index is 1880. The van der Waals surface area contributed by atoms with E-state index in [0.717, 1.165) is 57.4 Å². The van der Waals surface area contributed by atoms with Crippen molar-refractivity contribution in [1.82, 2.24) is 25.2 Å². The van der Waals surface area contributed by atoms with E-state index in [4.69, 9.17) is 26.1 Å². The van der Waals surface area contributed by atoms with E-state index in [1.165, 1.54) is 44.8 Å². The molecule has 2 aliphatic heterocycles. The van der Waals surface area contributed by atoms with Gasteiger partial charge in [0.25, 0.3) is 0 Å². The van der Waals surface area contributed by atoms with Crippen molar-refractivity contribution in [3.63, 3.8) is 0 Å². The lowest BCUT2D eigenvalue weighted by Crippen LogP contribution is -2.44. The fourth-order valence-corrected chi connectivity index (χ4v) is 7.74. The number of fused-ring (bicyclic) bond motifs is 2. The minimum Gasteiger partial charge on any atom is -0.463 e. The summed E-state index contributed by atoms with van der Waals surface area (Å²) < 4.78 is 38.4. The lowest BCUT2D eigenvalue weighted by Gasteiger charge is -2.34. The van der Waals surface area contributed by atoms with Crippen molar-refractivity contribution in [2.75, 3.05) is 57.3 Å². The Kier molecular flexibility index (Phi) is 7.76. The number of aryl methyl sites for hydroxylation is 1. The Balaban J connectivity index is 1.21. The molecule has 1 spiro atoms. The first-order chi connectivity index (χ1) is 22.9. The third kappa shape index (κ3) is 5.70. The number of likely N-dealkylation sites (tertiary alicyclic amines) is 1. The molecule has 8 rings (SSSR count). The van der Waals surface area contributed by atoms with Crippen LogP contribution >= 0.6 is 0 Å². The summed E-state index contributed by atoms with van der Waals surface area (Å²) >= 11 is 0. The second-order valence-electron chi connectivity index (χ2n) is 14.3. The van der Waals surface area contributed by atoms with Gasteiger partial charge >= 0.3 is 6.01 Å². The third-order valence-corrected chi connectivity index (χ3v) is 11.0. The predicted molar refractivity (Wildman–Crippen MR) is 182 cm³/mol. The van der Waals surface area contributed by atoms with Crippen molar-refractivity contribution in [3.05, 3.63) is 53.2 Å². The molecule has 47 heavy (non-hydrogen) atoms.